The van der Waals surface area contributed by atoms with Crippen molar-refractivity contribution in [2.45, 2.75) is 13.1 Å². The highest BCUT2D eigenvalue weighted by Gasteiger charge is 2.12. The summed E-state index contributed by atoms with van der Waals surface area (Å²) in [4.78, 5) is 35.9. The van der Waals surface area contributed by atoms with E-state index in [0.717, 1.165) is 11.1 Å². The predicted molar refractivity (Wildman–Crippen MR) is 131 cm³/mol. The lowest BCUT2D eigenvalue weighted by Gasteiger charge is -2.11. The van der Waals surface area contributed by atoms with Gasteiger partial charge in [0.1, 0.15) is 0 Å². The van der Waals surface area contributed by atoms with Crippen molar-refractivity contribution >= 4 is 23.9 Å². The lowest BCUT2D eigenvalue weighted by atomic mass is 10.2. The van der Waals surface area contributed by atoms with Gasteiger partial charge in [-0.25, -0.2) is 5.43 Å². The minimum atomic E-state index is -0.884. The van der Waals surface area contributed by atoms with Gasteiger partial charge in [-0.15, -0.1) is 0 Å². The van der Waals surface area contributed by atoms with Gasteiger partial charge in [0.15, 0.2) is 18.1 Å². The van der Waals surface area contributed by atoms with Crippen LogP contribution in [0.3, 0.4) is 0 Å². The maximum atomic E-state index is 12.1. The Morgan fingerprint density at radius 3 is 2.06 bits per heavy atom. The van der Waals surface area contributed by atoms with E-state index < -0.39 is 11.8 Å². The zero-order valence-electron chi connectivity index (χ0n) is 19.2. The van der Waals surface area contributed by atoms with E-state index in [1.165, 1.54) is 13.3 Å². The number of benzene rings is 3. The fraction of sp³-hybridized carbons (Fsp3) is 0.154. The Bertz CT molecular complexity index is 1170. The van der Waals surface area contributed by atoms with Gasteiger partial charge >= 0.3 is 11.8 Å². The molecular weight excluding hydrogens is 448 g/mol. The van der Waals surface area contributed by atoms with Crippen LogP contribution in [0.25, 0.3) is 0 Å². The largest absolute Gasteiger partial charge is 0.493 e. The van der Waals surface area contributed by atoms with Crippen molar-refractivity contribution in [3.63, 3.8) is 0 Å². The lowest BCUT2D eigenvalue weighted by Crippen LogP contribution is -2.37. The van der Waals surface area contributed by atoms with Crippen LogP contribution in [-0.4, -0.2) is 37.7 Å². The van der Waals surface area contributed by atoms with E-state index >= 15 is 0 Å². The Labute approximate surface area is 203 Å². The minimum absolute atomic E-state index is 0.176. The maximum absolute atomic E-state index is 12.1. The van der Waals surface area contributed by atoms with Crippen molar-refractivity contribution in [1.29, 1.82) is 0 Å². The number of amides is 3. The molecular formula is C26H26N4O5. The molecule has 0 aliphatic heterocycles. The number of carbonyl (C=O) groups excluding carboxylic acids is 3. The van der Waals surface area contributed by atoms with Crippen LogP contribution < -0.4 is 25.5 Å². The Morgan fingerprint density at radius 1 is 0.800 bits per heavy atom. The summed E-state index contributed by atoms with van der Waals surface area (Å²) in [6, 6.07) is 23.7. The van der Waals surface area contributed by atoms with Crippen LogP contribution in [0.1, 0.15) is 16.7 Å². The van der Waals surface area contributed by atoms with Crippen molar-refractivity contribution in [2.75, 3.05) is 13.7 Å². The third-order valence-corrected chi connectivity index (χ3v) is 4.76. The van der Waals surface area contributed by atoms with E-state index in [1.807, 2.05) is 60.7 Å². The molecule has 0 saturated carbocycles. The van der Waals surface area contributed by atoms with Crippen molar-refractivity contribution in [3.8, 4) is 11.5 Å². The topological polar surface area (TPSA) is 118 Å². The molecule has 0 aliphatic carbocycles. The zero-order chi connectivity index (χ0) is 24.9. The van der Waals surface area contributed by atoms with Crippen LogP contribution in [0.15, 0.2) is 84.0 Å². The Hall–Kier alpha value is -4.66. The first-order valence-electron chi connectivity index (χ1n) is 10.8. The van der Waals surface area contributed by atoms with Gasteiger partial charge in [-0.3, -0.25) is 14.4 Å². The Balaban J connectivity index is 1.45. The van der Waals surface area contributed by atoms with Crippen LogP contribution in [0, 0.1) is 0 Å². The van der Waals surface area contributed by atoms with Gasteiger partial charge in [0.2, 0.25) is 0 Å². The number of methoxy groups -OCH3 is 1. The van der Waals surface area contributed by atoms with Crippen molar-refractivity contribution in [2.24, 2.45) is 5.10 Å². The normalized spacial score (nSPS) is 10.4. The quantitative estimate of drug-likeness (QED) is 0.236. The smallest absolute Gasteiger partial charge is 0.329 e. The second-order valence-corrected chi connectivity index (χ2v) is 7.33. The van der Waals surface area contributed by atoms with Gasteiger partial charge in [-0.2, -0.15) is 5.10 Å². The standard InChI is InChI=1S/C26H26N4O5/c1-34-23-14-21(17-29-30-26(33)25(32)28-16-20-10-6-3-7-11-20)12-13-22(23)35-18-24(31)27-15-19-8-4-2-5-9-19/h2-14,17H,15-16,18H2,1H3,(H,27,31)(H,28,32)(H,30,33)/b29-17-. The third-order valence-electron chi connectivity index (χ3n) is 4.76. The van der Waals surface area contributed by atoms with E-state index in [2.05, 4.69) is 21.2 Å². The first-order valence-corrected chi connectivity index (χ1v) is 10.8. The first kappa shape index (κ1) is 25.0. The van der Waals surface area contributed by atoms with Crippen molar-refractivity contribution < 1.29 is 23.9 Å². The molecule has 35 heavy (non-hydrogen) atoms. The molecule has 9 nitrogen and oxygen atoms in total. The molecule has 0 bridgehead atoms. The lowest BCUT2D eigenvalue weighted by molar-refractivity contribution is -0.139. The second kappa shape index (κ2) is 13.1. The summed E-state index contributed by atoms with van der Waals surface area (Å²) in [6.07, 6.45) is 1.36. The molecule has 3 amide bonds. The monoisotopic (exact) mass is 474 g/mol. The molecule has 3 rings (SSSR count). The van der Waals surface area contributed by atoms with Crippen LogP contribution in [0.4, 0.5) is 0 Å². The SMILES string of the molecule is COc1cc(/C=N\NC(=O)C(=O)NCc2ccccc2)ccc1OCC(=O)NCc1ccccc1. The fourth-order valence-electron chi connectivity index (χ4n) is 2.95. The zero-order valence-corrected chi connectivity index (χ0v) is 19.2. The van der Waals surface area contributed by atoms with E-state index in [4.69, 9.17) is 9.47 Å². The number of rotatable bonds is 10. The average Bonchev–Trinajstić information content (AvgIpc) is 2.90. The van der Waals surface area contributed by atoms with Crippen LogP contribution in [-0.2, 0) is 27.5 Å². The summed E-state index contributed by atoms with van der Waals surface area (Å²) in [5.74, 6) is -1.18. The van der Waals surface area contributed by atoms with Gasteiger partial charge in [-0.1, -0.05) is 60.7 Å². The highest BCUT2D eigenvalue weighted by Crippen LogP contribution is 2.27. The molecule has 0 saturated heterocycles. The Morgan fingerprint density at radius 2 is 1.43 bits per heavy atom. The summed E-state index contributed by atoms with van der Waals surface area (Å²) in [5.41, 5.74) is 4.63. The second-order valence-electron chi connectivity index (χ2n) is 7.33. The molecule has 0 atom stereocenters. The predicted octanol–water partition coefficient (Wildman–Crippen LogP) is 2.16. The molecule has 9 heteroatoms. The van der Waals surface area contributed by atoms with E-state index in [0.29, 0.717) is 23.6 Å². The number of nitrogens with one attached hydrogen (secondary N) is 3. The van der Waals surface area contributed by atoms with Gasteiger partial charge in [0.05, 0.1) is 13.3 Å². The Kier molecular flexibility index (Phi) is 9.38. The van der Waals surface area contributed by atoms with Gasteiger partial charge < -0.3 is 20.1 Å². The molecule has 3 aromatic carbocycles. The molecule has 0 radical (unpaired) electrons. The number of hydrogen-bond donors (Lipinski definition) is 3. The van der Waals surface area contributed by atoms with E-state index in [9.17, 15) is 14.4 Å². The molecule has 3 aromatic rings. The molecule has 3 N–H and O–H groups in total. The fourth-order valence-corrected chi connectivity index (χ4v) is 2.95. The first-order chi connectivity index (χ1) is 17.0. The van der Waals surface area contributed by atoms with Crippen LogP contribution >= 0.6 is 0 Å². The molecule has 0 aliphatic rings. The van der Waals surface area contributed by atoms with Crippen molar-refractivity contribution in [1.82, 2.24) is 16.1 Å². The number of hydrazone groups is 1. The van der Waals surface area contributed by atoms with Gasteiger partial charge in [0, 0.05) is 13.1 Å². The number of carbonyl (C=O) groups is 3. The molecule has 180 valence electrons. The van der Waals surface area contributed by atoms with Crippen LogP contribution in [0.2, 0.25) is 0 Å². The van der Waals surface area contributed by atoms with Crippen LogP contribution in [0.5, 0.6) is 11.5 Å². The van der Waals surface area contributed by atoms with Crippen molar-refractivity contribution in [3.05, 3.63) is 95.6 Å². The molecule has 0 spiro atoms. The van der Waals surface area contributed by atoms with Gasteiger partial charge in [-0.05, 0) is 34.9 Å². The number of ether oxygens (including phenoxy) is 2. The third kappa shape index (κ3) is 8.32. The van der Waals surface area contributed by atoms with Gasteiger partial charge in [0.25, 0.3) is 5.91 Å². The molecule has 0 fully saturated rings. The highest BCUT2D eigenvalue weighted by atomic mass is 16.5. The number of hydrogen-bond acceptors (Lipinski definition) is 6. The highest BCUT2D eigenvalue weighted by molar-refractivity contribution is 6.35. The summed E-state index contributed by atoms with van der Waals surface area (Å²) in [6.45, 7) is 0.468. The summed E-state index contributed by atoms with van der Waals surface area (Å²) < 4.78 is 10.9. The summed E-state index contributed by atoms with van der Waals surface area (Å²) in [5, 5.41) is 9.11. The summed E-state index contributed by atoms with van der Waals surface area (Å²) in [7, 11) is 1.47. The van der Waals surface area contributed by atoms with E-state index in [-0.39, 0.29) is 19.1 Å². The number of nitrogens with zero attached hydrogens (tertiary/aromatic N) is 1. The minimum Gasteiger partial charge on any atom is -0.493 e. The maximum Gasteiger partial charge on any atom is 0.329 e. The average molecular weight is 475 g/mol. The molecule has 0 heterocycles. The van der Waals surface area contributed by atoms with E-state index in [1.54, 1.807) is 18.2 Å². The summed E-state index contributed by atoms with van der Waals surface area (Å²) >= 11 is 0. The molecule has 0 unspecified atom stereocenters. The molecule has 0 aromatic heterocycles.